The summed E-state index contributed by atoms with van der Waals surface area (Å²) < 4.78 is 0. The zero-order chi connectivity index (χ0) is 13.1. The first kappa shape index (κ1) is 13.1. The molecule has 98 valence electrons. The van der Waals surface area contributed by atoms with Crippen LogP contribution in [0.3, 0.4) is 0 Å². The van der Waals surface area contributed by atoms with Crippen molar-refractivity contribution in [2.45, 2.75) is 32.2 Å². The predicted octanol–water partition coefficient (Wildman–Crippen LogP) is 2.43. The van der Waals surface area contributed by atoms with Crippen LogP contribution in [0, 0.1) is 11.8 Å². The molecule has 18 heavy (non-hydrogen) atoms. The number of thiophene rings is 1. The zero-order valence-corrected chi connectivity index (χ0v) is 11.1. The Kier molecular flexibility index (Phi) is 4.01. The van der Waals surface area contributed by atoms with Crippen molar-refractivity contribution < 1.29 is 14.7 Å². The van der Waals surface area contributed by atoms with Crippen LogP contribution in [0.2, 0.25) is 0 Å². The Balaban J connectivity index is 1.97. The number of hydrogen-bond donors (Lipinski definition) is 2. The van der Waals surface area contributed by atoms with Crippen LogP contribution in [0.5, 0.6) is 0 Å². The van der Waals surface area contributed by atoms with Crippen molar-refractivity contribution in [3.05, 3.63) is 22.4 Å². The molecule has 1 aliphatic carbocycles. The molecule has 4 nitrogen and oxygen atoms in total. The number of carbonyl (C=O) groups excluding carboxylic acids is 1. The monoisotopic (exact) mass is 267 g/mol. The second-order valence-corrected chi connectivity index (χ2v) is 5.71. The van der Waals surface area contributed by atoms with Crippen LogP contribution < -0.4 is 5.32 Å². The molecule has 5 heteroatoms. The lowest BCUT2D eigenvalue weighted by Crippen LogP contribution is -2.36. The Morgan fingerprint density at radius 3 is 2.78 bits per heavy atom. The molecule has 3 atom stereocenters. The van der Waals surface area contributed by atoms with Crippen molar-refractivity contribution in [3.8, 4) is 0 Å². The minimum Gasteiger partial charge on any atom is -0.481 e. The molecule has 0 radical (unpaired) electrons. The highest BCUT2D eigenvalue weighted by Gasteiger charge is 2.38. The third-order valence-corrected chi connectivity index (χ3v) is 4.55. The van der Waals surface area contributed by atoms with E-state index in [9.17, 15) is 9.59 Å². The number of carbonyl (C=O) groups is 2. The SMILES string of the molecule is CC(NC(=O)[C@@H]1CCC[C@@H]1C(=O)O)c1cccs1. The molecule has 1 aromatic rings. The summed E-state index contributed by atoms with van der Waals surface area (Å²) in [6, 6.07) is 3.87. The normalized spacial score (nSPS) is 24.7. The van der Waals surface area contributed by atoms with Gasteiger partial charge in [0.1, 0.15) is 0 Å². The lowest BCUT2D eigenvalue weighted by atomic mass is 9.95. The molecular formula is C13H17NO3S. The van der Waals surface area contributed by atoms with E-state index >= 15 is 0 Å². The minimum atomic E-state index is -0.851. The summed E-state index contributed by atoms with van der Waals surface area (Å²) in [6.07, 6.45) is 2.11. The second-order valence-electron chi connectivity index (χ2n) is 4.73. The lowest BCUT2D eigenvalue weighted by Gasteiger charge is -2.19. The maximum atomic E-state index is 12.1. The van der Waals surface area contributed by atoms with Crippen molar-refractivity contribution in [1.29, 1.82) is 0 Å². The molecule has 1 unspecified atom stereocenters. The fourth-order valence-corrected chi connectivity index (χ4v) is 3.23. The highest BCUT2D eigenvalue weighted by molar-refractivity contribution is 7.10. The van der Waals surface area contributed by atoms with Gasteiger partial charge in [-0.15, -0.1) is 11.3 Å². The molecule has 2 rings (SSSR count). The Labute approximate surface area is 110 Å². The van der Waals surface area contributed by atoms with Crippen LogP contribution in [-0.4, -0.2) is 17.0 Å². The average Bonchev–Trinajstić information content (AvgIpc) is 3.00. The topological polar surface area (TPSA) is 66.4 Å². The number of rotatable bonds is 4. The molecule has 0 spiro atoms. The maximum absolute atomic E-state index is 12.1. The quantitative estimate of drug-likeness (QED) is 0.880. The van der Waals surface area contributed by atoms with E-state index in [-0.39, 0.29) is 17.9 Å². The Morgan fingerprint density at radius 2 is 2.17 bits per heavy atom. The molecule has 0 aliphatic heterocycles. The molecule has 1 saturated carbocycles. The number of amides is 1. The summed E-state index contributed by atoms with van der Waals surface area (Å²) in [5.41, 5.74) is 0. The highest BCUT2D eigenvalue weighted by atomic mass is 32.1. The first-order valence-electron chi connectivity index (χ1n) is 6.16. The van der Waals surface area contributed by atoms with Gasteiger partial charge in [-0.1, -0.05) is 12.5 Å². The Bertz CT molecular complexity index is 429. The minimum absolute atomic E-state index is 0.0486. The van der Waals surface area contributed by atoms with Gasteiger partial charge in [-0.05, 0) is 31.2 Å². The molecule has 1 heterocycles. The van der Waals surface area contributed by atoms with Gasteiger partial charge in [0.15, 0.2) is 0 Å². The van der Waals surface area contributed by atoms with E-state index in [0.717, 1.165) is 11.3 Å². The van der Waals surface area contributed by atoms with Gasteiger partial charge in [0.25, 0.3) is 0 Å². The van der Waals surface area contributed by atoms with Crippen molar-refractivity contribution in [3.63, 3.8) is 0 Å². The van der Waals surface area contributed by atoms with Gasteiger partial charge in [-0.3, -0.25) is 9.59 Å². The summed E-state index contributed by atoms with van der Waals surface area (Å²) in [6.45, 7) is 1.93. The Hall–Kier alpha value is -1.36. The van der Waals surface area contributed by atoms with Gasteiger partial charge in [0, 0.05) is 4.88 Å². The van der Waals surface area contributed by atoms with Crippen molar-refractivity contribution in [1.82, 2.24) is 5.32 Å². The number of hydrogen-bond acceptors (Lipinski definition) is 3. The van der Waals surface area contributed by atoms with Crippen molar-refractivity contribution in [2.75, 3.05) is 0 Å². The smallest absolute Gasteiger partial charge is 0.307 e. The molecular weight excluding hydrogens is 250 g/mol. The van der Waals surface area contributed by atoms with E-state index in [1.165, 1.54) is 0 Å². The van der Waals surface area contributed by atoms with E-state index in [1.807, 2.05) is 24.4 Å². The Morgan fingerprint density at radius 1 is 1.44 bits per heavy atom. The van der Waals surface area contributed by atoms with E-state index in [0.29, 0.717) is 12.8 Å². The van der Waals surface area contributed by atoms with Crippen LogP contribution in [-0.2, 0) is 9.59 Å². The molecule has 0 bridgehead atoms. The predicted molar refractivity (Wildman–Crippen MR) is 69.3 cm³/mol. The largest absolute Gasteiger partial charge is 0.481 e. The molecule has 1 aromatic heterocycles. The van der Waals surface area contributed by atoms with Crippen LogP contribution in [0.15, 0.2) is 17.5 Å². The first-order valence-corrected chi connectivity index (χ1v) is 7.04. The van der Waals surface area contributed by atoms with Gasteiger partial charge in [0.2, 0.25) is 5.91 Å². The third-order valence-electron chi connectivity index (χ3n) is 3.50. The fraction of sp³-hybridized carbons (Fsp3) is 0.538. The number of carboxylic acids is 1. The first-order chi connectivity index (χ1) is 8.59. The summed E-state index contributed by atoms with van der Waals surface area (Å²) >= 11 is 1.59. The molecule has 0 saturated heterocycles. The second kappa shape index (κ2) is 5.52. The standard InChI is InChI=1S/C13H17NO3S/c1-8(11-6-3-7-18-11)14-12(15)9-4-2-5-10(9)13(16)17/h3,6-10H,2,4-5H2,1H3,(H,14,15)(H,16,17)/t8?,9-,10+/m1/s1. The maximum Gasteiger partial charge on any atom is 0.307 e. The van der Waals surface area contributed by atoms with Crippen LogP contribution in [0.4, 0.5) is 0 Å². The van der Waals surface area contributed by atoms with E-state index in [4.69, 9.17) is 5.11 Å². The summed E-state index contributed by atoms with van der Waals surface area (Å²) in [7, 11) is 0. The summed E-state index contributed by atoms with van der Waals surface area (Å²) in [5.74, 6) is -1.86. The number of nitrogens with one attached hydrogen (secondary N) is 1. The highest BCUT2D eigenvalue weighted by Crippen LogP contribution is 2.32. The van der Waals surface area contributed by atoms with Gasteiger partial charge in [-0.25, -0.2) is 0 Å². The number of aliphatic carboxylic acids is 1. The van der Waals surface area contributed by atoms with Gasteiger partial charge in [-0.2, -0.15) is 0 Å². The average molecular weight is 267 g/mol. The number of carboxylic acid groups (broad SMARTS) is 1. The molecule has 1 fully saturated rings. The fourth-order valence-electron chi connectivity index (χ4n) is 2.50. The molecule has 0 aromatic carbocycles. The zero-order valence-electron chi connectivity index (χ0n) is 10.3. The van der Waals surface area contributed by atoms with Gasteiger partial charge in [0.05, 0.1) is 17.9 Å². The van der Waals surface area contributed by atoms with Crippen LogP contribution in [0.25, 0.3) is 0 Å². The van der Waals surface area contributed by atoms with Crippen LogP contribution >= 0.6 is 11.3 Å². The van der Waals surface area contributed by atoms with Crippen molar-refractivity contribution in [2.24, 2.45) is 11.8 Å². The van der Waals surface area contributed by atoms with Gasteiger partial charge >= 0.3 is 5.97 Å². The van der Waals surface area contributed by atoms with E-state index in [2.05, 4.69) is 5.32 Å². The van der Waals surface area contributed by atoms with E-state index in [1.54, 1.807) is 11.3 Å². The molecule has 2 N–H and O–H groups in total. The van der Waals surface area contributed by atoms with Gasteiger partial charge < -0.3 is 10.4 Å². The summed E-state index contributed by atoms with van der Waals surface area (Å²) in [5, 5.41) is 14.0. The van der Waals surface area contributed by atoms with Crippen LogP contribution in [0.1, 0.15) is 37.1 Å². The van der Waals surface area contributed by atoms with Crippen molar-refractivity contribution >= 4 is 23.2 Å². The molecule has 1 amide bonds. The van der Waals surface area contributed by atoms with E-state index < -0.39 is 11.9 Å². The summed E-state index contributed by atoms with van der Waals surface area (Å²) in [4.78, 5) is 24.2. The third kappa shape index (κ3) is 2.72. The molecule has 1 aliphatic rings. The lowest BCUT2D eigenvalue weighted by molar-refractivity contribution is -0.146.